The zero-order chi connectivity index (χ0) is 23.1. The highest BCUT2D eigenvalue weighted by molar-refractivity contribution is 8.73. The molecule has 0 saturated heterocycles. The smallest absolute Gasteiger partial charge is 0.234 e. The molecule has 9 heteroatoms. The Morgan fingerprint density at radius 1 is 0.452 bits per heavy atom. The summed E-state index contributed by atoms with van der Waals surface area (Å²) in [6.07, 6.45) is 0. The fourth-order valence-electron chi connectivity index (χ4n) is 3.39. The molecule has 186 valence electrons. The Bertz CT molecular complexity index is 424. The monoisotopic (exact) mass is 557 g/mol. The third-order valence-electron chi connectivity index (χ3n) is 5.45. The standard InChI is InChI=1S/C22H50N5P2S.BrH/c1-11-23(12-2)21(24(13-3)14-4)28-30(27(19-9)20-10)29-22(25(15-5)16-6)26(17-7)18-8;/h11-20H2,1-10H3;1H/q+1;/p-1. The number of hydrogen-bond donors (Lipinski definition) is 0. The van der Waals surface area contributed by atoms with Crippen molar-refractivity contribution in [3.05, 3.63) is 0 Å². The van der Waals surface area contributed by atoms with Crippen molar-refractivity contribution in [3.8, 4) is 0 Å². The predicted octanol–water partition coefficient (Wildman–Crippen LogP) is 2.13. The third kappa shape index (κ3) is 10.8. The van der Waals surface area contributed by atoms with Gasteiger partial charge in [-0.25, -0.2) is 0 Å². The molecule has 31 heavy (non-hydrogen) atoms. The van der Waals surface area contributed by atoms with Crippen LogP contribution in [0, 0.1) is 0 Å². The van der Waals surface area contributed by atoms with Crippen molar-refractivity contribution in [1.29, 1.82) is 0 Å². The van der Waals surface area contributed by atoms with Crippen LogP contribution < -0.4 is 17.0 Å². The van der Waals surface area contributed by atoms with Gasteiger partial charge in [0.15, 0.2) is 10.3 Å². The molecule has 0 bridgehead atoms. The molecule has 0 fully saturated rings. The van der Waals surface area contributed by atoms with E-state index in [1.165, 1.54) is 25.9 Å². The topological polar surface area (TPSA) is 16.2 Å². The van der Waals surface area contributed by atoms with Crippen LogP contribution in [0.1, 0.15) is 69.2 Å². The minimum atomic E-state index is 0. The van der Waals surface area contributed by atoms with Crippen LogP contribution >= 0.6 is 14.8 Å². The zero-order valence-corrected chi connectivity index (χ0v) is 26.2. The summed E-state index contributed by atoms with van der Waals surface area (Å²) in [7, 11) is 3.04. The first-order valence-electron chi connectivity index (χ1n) is 12.1. The molecule has 0 rings (SSSR count). The van der Waals surface area contributed by atoms with E-state index in [1.54, 1.807) is 0 Å². The Kier molecular flexibility index (Phi) is 22.4. The average Bonchev–Trinajstić information content (AvgIpc) is 2.77. The second-order valence-electron chi connectivity index (χ2n) is 6.83. The summed E-state index contributed by atoms with van der Waals surface area (Å²) < 4.78 is 2.68. The van der Waals surface area contributed by atoms with Gasteiger partial charge in [0.05, 0.1) is 0 Å². The molecule has 0 aliphatic heterocycles. The zero-order valence-electron chi connectivity index (χ0n) is 22.0. The first kappa shape index (κ1) is 34.1. The van der Waals surface area contributed by atoms with E-state index in [-0.39, 0.29) is 27.3 Å². The first-order valence-corrected chi connectivity index (χ1v) is 16.3. The van der Waals surface area contributed by atoms with Gasteiger partial charge in [0, 0.05) is 65.4 Å². The summed E-state index contributed by atoms with van der Waals surface area (Å²) in [4.78, 5) is 10.3. The Hall–Kier alpha value is 0.970. The molecule has 0 heterocycles. The summed E-state index contributed by atoms with van der Waals surface area (Å²) in [5, 5.41) is 0. The minimum absolute atomic E-state index is 0. The van der Waals surface area contributed by atoms with Gasteiger partial charge in [0.1, 0.15) is 11.1 Å². The van der Waals surface area contributed by atoms with E-state index < -0.39 is 0 Å². The van der Waals surface area contributed by atoms with Gasteiger partial charge in [-0.2, -0.15) is 0 Å². The molecule has 0 unspecified atom stereocenters. The second kappa shape index (κ2) is 20.4. The SMILES string of the molecule is CCN(CC)C(=P[S+](P=C(N(CC)CC)N(CC)CC)N(CC)CC)N(CC)CC.[Br-]. The largest absolute Gasteiger partial charge is 1.00 e. The van der Waals surface area contributed by atoms with Crippen molar-refractivity contribution in [1.82, 2.24) is 23.9 Å². The molecule has 0 amide bonds. The fraction of sp³-hybridized carbons (Fsp3) is 0.909. The summed E-state index contributed by atoms with van der Waals surface area (Å²) in [5.74, 6) is 0. The van der Waals surface area contributed by atoms with Gasteiger partial charge in [-0.05, 0) is 13.8 Å². The third-order valence-corrected chi connectivity index (χ3v) is 13.0. The molecule has 0 aromatic rings. The average molecular weight is 559 g/mol. The lowest BCUT2D eigenvalue weighted by molar-refractivity contribution is -0.00000700. The van der Waals surface area contributed by atoms with Crippen LogP contribution in [-0.2, 0) is 10.3 Å². The maximum atomic E-state index is 2.68. The lowest BCUT2D eigenvalue weighted by atomic mass is 10.5. The van der Waals surface area contributed by atoms with Crippen molar-refractivity contribution in [2.75, 3.05) is 65.4 Å². The fourth-order valence-corrected chi connectivity index (χ4v) is 12.2. The summed E-state index contributed by atoms with van der Waals surface area (Å²) in [6.45, 7) is 33.8. The molecule has 0 atom stereocenters. The number of halogens is 1. The maximum Gasteiger partial charge on any atom is 0.234 e. The van der Waals surface area contributed by atoms with Crippen molar-refractivity contribution >= 4 is 36.2 Å². The molecule has 0 saturated carbocycles. The Morgan fingerprint density at radius 2 is 0.677 bits per heavy atom. The number of rotatable bonds is 17. The predicted molar refractivity (Wildman–Crippen MR) is 146 cm³/mol. The van der Waals surface area contributed by atoms with Crippen LogP contribution in [0.4, 0.5) is 0 Å². The van der Waals surface area contributed by atoms with Crippen molar-refractivity contribution in [2.24, 2.45) is 0 Å². The highest BCUT2D eigenvalue weighted by Gasteiger charge is 2.32. The van der Waals surface area contributed by atoms with Gasteiger partial charge in [0.2, 0.25) is 14.8 Å². The van der Waals surface area contributed by atoms with Gasteiger partial charge in [0.25, 0.3) is 0 Å². The van der Waals surface area contributed by atoms with Crippen LogP contribution in [0.2, 0.25) is 0 Å². The summed E-state index contributed by atoms with van der Waals surface area (Å²) in [5.41, 5.74) is 3.01. The summed E-state index contributed by atoms with van der Waals surface area (Å²) >= 11 is 0. The van der Waals surface area contributed by atoms with Gasteiger partial charge in [-0.15, -0.1) is 4.31 Å². The van der Waals surface area contributed by atoms with Gasteiger partial charge in [-0.1, -0.05) is 55.4 Å². The lowest BCUT2D eigenvalue weighted by Crippen LogP contribution is -3.00. The van der Waals surface area contributed by atoms with E-state index in [9.17, 15) is 0 Å². The van der Waals surface area contributed by atoms with Crippen LogP contribution in [0.3, 0.4) is 0 Å². The second-order valence-corrected chi connectivity index (χ2v) is 13.0. The lowest BCUT2D eigenvalue weighted by Gasteiger charge is -2.30. The summed E-state index contributed by atoms with van der Waals surface area (Å²) in [6, 6.07) is 0. The van der Waals surface area contributed by atoms with Crippen molar-refractivity contribution in [2.45, 2.75) is 69.2 Å². The normalized spacial score (nSPS) is 13.1. The van der Waals surface area contributed by atoms with Gasteiger partial charge < -0.3 is 17.0 Å². The molecule has 0 N–H and O–H groups in total. The van der Waals surface area contributed by atoms with E-state index in [0.29, 0.717) is 0 Å². The van der Waals surface area contributed by atoms with E-state index in [2.05, 4.69) is 93.1 Å². The van der Waals surface area contributed by atoms with E-state index in [0.717, 1.165) is 65.4 Å². The quantitative estimate of drug-likeness (QED) is 0.200. The van der Waals surface area contributed by atoms with E-state index in [4.69, 9.17) is 0 Å². The van der Waals surface area contributed by atoms with Crippen LogP contribution in [0.5, 0.6) is 0 Å². The molecule has 0 aromatic carbocycles. The Morgan fingerprint density at radius 3 is 0.839 bits per heavy atom. The minimum Gasteiger partial charge on any atom is -1.00 e. The van der Waals surface area contributed by atoms with Crippen molar-refractivity contribution < 1.29 is 17.0 Å². The molecule has 0 aliphatic carbocycles. The molecule has 0 aromatic heterocycles. The number of nitrogens with zero attached hydrogens (tertiary/aromatic N) is 5. The maximum absolute atomic E-state index is 2.68. The molecular formula is C22H50BrN5P2S. The van der Waals surface area contributed by atoms with Crippen LogP contribution in [-0.4, -0.2) is 100 Å². The first-order chi connectivity index (χ1) is 14.5. The molecule has 5 nitrogen and oxygen atoms in total. The van der Waals surface area contributed by atoms with Crippen LogP contribution in [0.25, 0.3) is 0 Å². The molecule has 0 spiro atoms. The van der Waals surface area contributed by atoms with Crippen molar-refractivity contribution in [3.63, 3.8) is 0 Å². The molecule has 0 radical (unpaired) electrons. The van der Waals surface area contributed by atoms with Crippen LogP contribution in [0.15, 0.2) is 0 Å². The van der Waals surface area contributed by atoms with E-state index >= 15 is 0 Å². The number of hydrogen-bond acceptors (Lipinski definition) is 1. The Labute approximate surface area is 211 Å². The van der Waals surface area contributed by atoms with Gasteiger partial charge in [-0.3, -0.25) is 19.6 Å². The van der Waals surface area contributed by atoms with E-state index in [1.807, 2.05) is 0 Å². The molecule has 0 aliphatic rings. The van der Waals surface area contributed by atoms with Gasteiger partial charge >= 0.3 is 0 Å². The Balaban J connectivity index is 0. The highest BCUT2D eigenvalue weighted by Crippen LogP contribution is 2.35. The molecular weight excluding hydrogens is 508 g/mol. The highest BCUT2D eigenvalue weighted by atomic mass is 79.9.